The molecule has 0 spiro atoms. The van der Waals surface area contributed by atoms with E-state index in [0.717, 1.165) is 5.56 Å². The third-order valence-corrected chi connectivity index (χ3v) is 4.50. The number of carbonyl (C=O) groups is 2. The average molecular weight is 362 g/mol. The van der Waals surface area contributed by atoms with E-state index in [-0.39, 0.29) is 18.2 Å². The number of hydrogen-bond donors (Lipinski definition) is 1. The van der Waals surface area contributed by atoms with Gasteiger partial charge in [0.1, 0.15) is 0 Å². The van der Waals surface area contributed by atoms with Gasteiger partial charge >= 0.3 is 0 Å². The standard InChI is InChI=1S/C19H24ClN3O2/c1-3-10-22(11-4-2)18(24)13-17-19(25)23(12-9-21-17)14-15-7-5-6-8-16(15)20/h3-8,17,21H,1-2,9-14H2. The zero-order chi connectivity index (χ0) is 18.2. The van der Waals surface area contributed by atoms with Gasteiger partial charge in [-0.3, -0.25) is 9.59 Å². The Morgan fingerprint density at radius 1 is 1.32 bits per heavy atom. The van der Waals surface area contributed by atoms with Crippen LogP contribution in [-0.2, 0) is 16.1 Å². The summed E-state index contributed by atoms with van der Waals surface area (Å²) in [4.78, 5) is 28.6. The summed E-state index contributed by atoms with van der Waals surface area (Å²) in [6, 6.07) is 6.97. The Labute approximate surface area is 153 Å². The van der Waals surface area contributed by atoms with Crippen LogP contribution in [0.15, 0.2) is 49.6 Å². The van der Waals surface area contributed by atoms with E-state index in [1.807, 2.05) is 24.3 Å². The first kappa shape index (κ1) is 19.2. The van der Waals surface area contributed by atoms with Crippen LogP contribution in [0.1, 0.15) is 12.0 Å². The Hall–Kier alpha value is -2.11. The first-order valence-electron chi connectivity index (χ1n) is 8.32. The first-order chi connectivity index (χ1) is 12.1. The molecule has 6 heteroatoms. The largest absolute Gasteiger partial charge is 0.336 e. The summed E-state index contributed by atoms with van der Waals surface area (Å²) < 4.78 is 0. The number of carbonyl (C=O) groups excluding carboxylic acids is 2. The van der Waals surface area contributed by atoms with Crippen molar-refractivity contribution in [2.45, 2.75) is 19.0 Å². The van der Waals surface area contributed by atoms with E-state index < -0.39 is 6.04 Å². The molecule has 0 radical (unpaired) electrons. The summed E-state index contributed by atoms with van der Waals surface area (Å²) in [6.45, 7) is 9.90. The van der Waals surface area contributed by atoms with Crippen LogP contribution in [0.5, 0.6) is 0 Å². The minimum atomic E-state index is -0.513. The van der Waals surface area contributed by atoms with Crippen molar-refractivity contribution in [3.63, 3.8) is 0 Å². The number of halogens is 1. The third-order valence-electron chi connectivity index (χ3n) is 4.13. The van der Waals surface area contributed by atoms with Crippen LogP contribution in [0, 0.1) is 0 Å². The lowest BCUT2D eigenvalue weighted by Crippen LogP contribution is -2.56. The molecule has 1 aliphatic heterocycles. The van der Waals surface area contributed by atoms with Gasteiger partial charge in [-0.2, -0.15) is 0 Å². The molecule has 0 saturated carbocycles. The Balaban J connectivity index is 2.01. The molecule has 2 rings (SSSR count). The van der Waals surface area contributed by atoms with Gasteiger partial charge in [-0.25, -0.2) is 0 Å². The molecule has 2 amide bonds. The average Bonchev–Trinajstić information content (AvgIpc) is 2.60. The fraction of sp³-hybridized carbons (Fsp3) is 0.368. The smallest absolute Gasteiger partial charge is 0.240 e. The summed E-state index contributed by atoms with van der Waals surface area (Å²) in [5.74, 6) is -0.165. The zero-order valence-corrected chi connectivity index (χ0v) is 15.0. The maximum absolute atomic E-state index is 12.7. The highest BCUT2D eigenvalue weighted by Gasteiger charge is 2.31. The highest BCUT2D eigenvalue weighted by Crippen LogP contribution is 2.19. The monoisotopic (exact) mass is 361 g/mol. The first-order valence-corrected chi connectivity index (χ1v) is 8.69. The molecule has 1 N–H and O–H groups in total. The van der Waals surface area contributed by atoms with E-state index in [1.165, 1.54) is 0 Å². The van der Waals surface area contributed by atoms with Crippen molar-refractivity contribution in [2.75, 3.05) is 26.2 Å². The Bertz CT molecular complexity index is 637. The molecule has 5 nitrogen and oxygen atoms in total. The van der Waals surface area contributed by atoms with Gasteiger partial charge in [0, 0.05) is 37.7 Å². The predicted molar refractivity (Wildman–Crippen MR) is 100 cm³/mol. The molecule has 134 valence electrons. The van der Waals surface area contributed by atoms with Gasteiger partial charge in [-0.05, 0) is 11.6 Å². The maximum Gasteiger partial charge on any atom is 0.240 e. The molecule has 1 fully saturated rings. The lowest BCUT2D eigenvalue weighted by Gasteiger charge is -2.34. The minimum Gasteiger partial charge on any atom is -0.336 e. The quantitative estimate of drug-likeness (QED) is 0.722. The van der Waals surface area contributed by atoms with Crippen LogP contribution in [0.4, 0.5) is 0 Å². The van der Waals surface area contributed by atoms with Crippen molar-refractivity contribution in [3.8, 4) is 0 Å². The van der Waals surface area contributed by atoms with Crippen LogP contribution in [0.3, 0.4) is 0 Å². The van der Waals surface area contributed by atoms with E-state index >= 15 is 0 Å². The molecular weight excluding hydrogens is 338 g/mol. The molecular formula is C19H24ClN3O2. The SMILES string of the molecule is C=CCN(CC=C)C(=O)CC1NCCN(Cc2ccccc2Cl)C1=O. The van der Waals surface area contributed by atoms with E-state index in [1.54, 1.807) is 22.0 Å². The van der Waals surface area contributed by atoms with Gasteiger partial charge in [0.2, 0.25) is 11.8 Å². The number of nitrogens with zero attached hydrogens (tertiary/aromatic N) is 2. The second-order valence-corrected chi connectivity index (χ2v) is 6.35. The normalized spacial score (nSPS) is 17.2. The van der Waals surface area contributed by atoms with Crippen LogP contribution in [0.25, 0.3) is 0 Å². The summed E-state index contributed by atoms with van der Waals surface area (Å²) in [5, 5.41) is 3.79. The number of nitrogens with one attached hydrogen (secondary N) is 1. The molecule has 1 aromatic rings. The van der Waals surface area contributed by atoms with E-state index in [9.17, 15) is 9.59 Å². The van der Waals surface area contributed by atoms with Crippen molar-refractivity contribution in [3.05, 3.63) is 60.2 Å². The maximum atomic E-state index is 12.7. The molecule has 0 aliphatic carbocycles. The van der Waals surface area contributed by atoms with Crippen molar-refractivity contribution in [2.24, 2.45) is 0 Å². The number of amides is 2. The van der Waals surface area contributed by atoms with Crippen LogP contribution in [-0.4, -0.2) is 53.8 Å². The fourth-order valence-electron chi connectivity index (χ4n) is 2.83. The summed E-state index contributed by atoms with van der Waals surface area (Å²) >= 11 is 6.19. The molecule has 1 aromatic carbocycles. The third kappa shape index (κ3) is 5.18. The van der Waals surface area contributed by atoms with Crippen LogP contribution in [0.2, 0.25) is 5.02 Å². The zero-order valence-electron chi connectivity index (χ0n) is 14.3. The van der Waals surface area contributed by atoms with Gasteiger partial charge in [0.05, 0.1) is 12.5 Å². The second-order valence-electron chi connectivity index (χ2n) is 5.94. The molecule has 1 saturated heterocycles. The lowest BCUT2D eigenvalue weighted by molar-refractivity contribution is -0.141. The number of hydrogen-bond acceptors (Lipinski definition) is 3. The highest BCUT2D eigenvalue weighted by molar-refractivity contribution is 6.31. The summed E-state index contributed by atoms with van der Waals surface area (Å²) in [5.41, 5.74) is 0.907. The molecule has 1 aliphatic rings. The van der Waals surface area contributed by atoms with E-state index in [4.69, 9.17) is 11.6 Å². The Kier molecular flexibility index (Phi) is 7.22. The van der Waals surface area contributed by atoms with E-state index in [2.05, 4.69) is 18.5 Å². The second kappa shape index (κ2) is 9.39. The molecule has 1 unspecified atom stereocenters. The van der Waals surface area contributed by atoms with Gasteiger partial charge in [0.25, 0.3) is 0 Å². The molecule has 0 bridgehead atoms. The molecule has 1 atom stereocenters. The van der Waals surface area contributed by atoms with Crippen LogP contribution >= 0.6 is 11.6 Å². The van der Waals surface area contributed by atoms with Crippen molar-refractivity contribution >= 4 is 23.4 Å². The Morgan fingerprint density at radius 2 is 2.00 bits per heavy atom. The van der Waals surface area contributed by atoms with Gasteiger partial charge in [0.15, 0.2) is 0 Å². The van der Waals surface area contributed by atoms with Gasteiger partial charge < -0.3 is 15.1 Å². The summed E-state index contributed by atoms with van der Waals surface area (Å²) in [7, 11) is 0. The summed E-state index contributed by atoms with van der Waals surface area (Å²) in [6.07, 6.45) is 3.46. The van der Waals surface area contributed by atoms with Crippen molar-refractivity contribution in [1.29, 1.82) is 0 Å². The molecule has 25 heavy (non-hydrogen) atoms. The van der Waals surface area contributed by atoms with Crippen molar-refractivity contribution in [1.82, 2.24) is 15.1 Å². The number of piperazine rings is 1. The Morgan fingerprint density at radius 3 is 2.64 bits per heavy atom. The van der Waals surface area contributed by atoms with Gasteiger partial charge in [-0.15, -0.1) is 13.2 Å². The number of rotatable bonds is 8. The highest BCUT2D eigenvalue weighted by atomic mass is 35.5. The lowest BCUT2D eigenvalue weighted by atomic mass is 10.1. The molecule has 0 aromatic heterocycles. The fourth-order valence-corrected chi connectivity index (χ4v) is 3.03. The number of benzene rings is 1. The predicted octanol–water partition coefficient (Wildman–Crippen LogP) is 2.23. The minimum absolute atomic E-state index is 0.0725. The van der Waals surface area contributed by atoms with Crippen molar-refractivity contribution < 1.29 is 9.59 Å². The van der Waals surface area contributed by atoms with Gasteiger partial charge in [-0.1, -0.05) is 42.0 Å². The van der Waals surface area contributed by atoms with Crippen LogP contribution < -0.4 is 5.32 Å². The topological polar surface area (TPSA) is 52.7 Å². The molecule has 1 heterocycles. The van der Waals surface area contributed by atoms with E-state index in [0.29, 0.717) is 37.7 Å².